The van der Waals surface area contributed by atoms with Crippen LogP contribution in [0.15, 0.2) is 29.3 Å². The Balaban J connectivity index is 1.19. The van der Waals surface area contributed by atoms with E-state index < -0.39 is 0 Å². The number of hydrogen-bond donors (Lipinski definition) is 3. The number of aryl methyl sites for hydroxylation is 1. The van der Waals surface area contributed by atoms with E-state index in [0.717, 1.165) is 50.5 Å². The number of nitrogens with one attached hydrogen (secondary N) is 2. The lowest BCUT2D eigenvalue weighted by Crippen LogP contribution is -2.58. The van der Waals surface area contributed by atoms with Crippen molar-refractivity contribution in [3.05, 3.63) is 46.3 Å². The predicted molar refractivity (Wildman–Crippen MR) is 136 cm³/mol. The summed E-state index contributed by atoms with van der Waals surface area (Å²) in [5.41, 5.74) is 6.58. The number of nitrogens with zero attached hydrogens (tertiary/aromatic N) is 7. The van der Waals surface area contributed by atoms with E-state index >= 15 is 0 Å². The SMILES string of the molecule is CCC1CN(c2cnc(-c3n[nH]c(C)n3)cn2)CCN1C1CCN(C(=O)c2ccc(=O)[nH]c2N)CC1. The molecule has 3 aromatic rings. The fraction of sp³-hybridized carbons (Fsp3) is 0.500. The highest BCUT2D eigenvalue weighted by molar-refractivity contribution is 5.98. The van der Waals surface area contributed by atoms with Gasteiger partial charge in [-0.15, -0.1) is 0 Å². The van der Waals surface area contributed by atoms with Crippen molar-refractivity contribution in [3.63, 3.8) is 0 Å². The Bertz CT molecular complexity index is 1260. The van der Waals surface area contributed by atoms with E-state index in [-0.39, 0.29) is 17.3 Å². The fourth-order valence-corrected chi connectivity index (χ4v) is 5.23. The Labute approximate surface area is 208 Å². The number of nitrogen functional groups attached to an aromatic ring is 1. The molecule has 0 radical (unpaired) electrons. The maximum absolute atomic E-state index is 12.9. The normalized spacial score (nSPS) is 19.6. The van der Waals surface area contributed by atoms with Crippen LogP contribution >= 0.6 is 0 Å². The zero-order valence-electron chi connectivity index (χ0n) is 20.6. The molecule has 5 rings (SSSR count). The van der Waals surface area contributed by atoms with Crippen LogP contribution in [-0.2, 0) is 0 Å². The Hall–Kier alpha value is -3.80. The molecule has 2 aliphatic rings. The monoisotopic (exact) mass is 492 g/mol. The number of H-pyrrole nitrogens is 2. The smallest absolute Gasteiger partial charge is 0.257 e. The Morgan fingerprint density at radius 3 is 2.58 bits per heavy atom. The standard InChI is InChI=1S/C24H32N10O2/c1-3-16-14-33(20-13-26-19(12-27-20)23-28-15(2)30-31-23)10-11-34(16)17-6-8-32(9-7-17)24(36)18-4-5-21(35)29-22(18)25/h4-5,12-13,16-17H,3,6-11,14H2,1-2H3,(H3,25,29,35)(H,28,30,31). The number of piperidine rings is 1. The summed E-state index contributed by atoms with van der Waals surface area (Å²) in [6.45, 7) is 8.12. The lowest BCUT2D eigenvalue weighted by Gasteiger charge is -2.47. The first-order valence-electron chi connectivity index (χ1n) is 12.4. The molecule has 0 aliphatic carbocycles. The number of likely N-dealkylation sites (tertiary alicyclic amines) is 1. The molecular weight excluding hydrogens is 460 g/mol. The van der Waals surface area contributed by atoms with E-state index in [1.165, 1.54) is 12.1 Å². The van der Waals surface area contributed by atoms with Gasteiger partial charge in [-0.1, -0.05) is 6.92 Å². The number of aromatic amines is 2. The van der Waals surface area contributed by atoms with Gasteiger partial charge in [0.1, 0.15) is 23.2 Å². The number of pyridine rings is 1. The highest BCUT2D eigenvalue weighted by Crippen LogP contribution is 2.26. The van der Waals surface area contributed by atoms with Crippen LogP contribution in [0.4, 0.5) is 11.6 Å². The van der Waals surface area contributed by atoms with Gasteiger partial charge >= 0.3 is 0 Å². The van der Waals surface area contributed by atoms with Gasteiger partial charge < -0.3 is 20.5 Å². The molecule has 3 aromatic heterocycles. The summed E-state index contributed by atoms with van der Waals surface area (Å²) >= 11 is 0. The molecule has 12 heteroatoms. The first-order chi connectivity index (χ1) is 17.4. The molecule has 4 N–H and O–H groups in total. The minimum Gasteiger partial charge on any atom is -0.385 e. The number of amides is 1. The first kappa shape index (κ1) is 23.9. The third kappa shape index (κ3) is 4.81. The molecule has 190 valence electrons. The van der Waals surface area contributed by atoms with Crippen LogP contribution in [-0.4, -0.2) is 90.6 Å². The highest BCUT2D eigenvalue weighted by atomic mass is 16.2. The van der Waals surface area contributed by atoms with Crippen molar-refractivity contribution in [1.82, 2.24) is 39.9 Å². The Morgan fingerprint density at radius 2 is 1.94 bits per heavy atom. The number of rotatable bonds is 5. The second-order valence-electron chi connectivity index (χ2n) is 9.42. The number of carbonyl (C=O) groups is 1. The van der Waals surface area contributed by atoms with Crippen molar-refractivity contribution in [1.29, 1.82) is 0 Å². The number of aromatic nitrogens is 6. The molecule has 2 saturated heterocycles. The van der Waals surface area contributed by atoms with E-state index in [9.17, 15) is 9.59 Å². The van der Waals surface area contributed by atoms with Gasteiger partial charge in [0.05, 0.1) is 18.0 Å². The van der Waals surface area contributed by atoms with Gasteiger partial charge in [0.25, 0.3) is 5.91 Å². The topological polar surface area (TPSA) is 153 Å². The van der Waals surface area contributed by atoms with Crippen LogP contribution in [0, 0.1) is 6.92 Å². The summed E-state index contributed by atoms with van der Waals surface area (Å²) in [7, 11) is 0. The third-order valence-corrected chi connectivity index (χ3v) is 7.19. The average Bonchev–Trinajstić information content (AvgIpc) is 3.34. The third-order valence-electron chi connectivity index (χ3n) is 7.19. The van der Waals surface area contributed by atoms with Gasteiger partial charge in [-0.3, -0.25) is 19.6 Å². The lowest BCUT2D eigenvalue weighted by atomic mass is 9.97. The number of anilines is 2. The molecule has 2 aliphatic heterocycles. The van der Waals surface area contributed by atoms with Crippen LogP contribution in [0.3, 0.4) is 0 Å². The fourth-order valence-electron chi connectivity index (χ4n) is 5.23. The van der Waals surface area contributed by atoms with Crippen molar-refractivity contribution >= 4 is 17.5 Å². The van der Waals surface area contributed by atoms with Crippen LogP contribution < -0.4 is 16.2 Å². The van der Waals surface area contributed by atoms with E-state index in [0.29, 0.717) is 42.3 Å². The van der Waals surface area contributed by atoms with E-state index in [1.807, 2.05) is 11.8 Å². The highest BCUT2D eigenvalue weighted by Gasteiger charge is 2.34. The number of hydrogen-bond acceptors (Lipinski definition) is 9. The van der Waals surface area contributed by atoms with Crippen LogP contribution in [0.5, 0.6) is 0 Å². The molecule has 36 heavy (non-hydrogen) atoms. The van der Waals surface area contributed by atoms with Crippen molar-refractivity contribution in [2.45, 2.75) is 45.2 Å². The average molecular weight is 493 g/mol. The van der Waals surface area contributed by atoms with Crippen LogP contribution in [0.25, 0.3) is 11.5 Å². The van der Waals surface area contributed by atoms with Crippen molar-refractivity contribution in [2.24, 2.45) is 0 Å². The zero-order chi connectivity index (χ0) is 25.2. The van der Waals surface area contributed by atoms with Crippen molar-refractivity contribution < 1.29 is 4.79 Å². The minimum atomic E-state index is -0.306. The van der Waals surface area contributed by atoms with Crippen molar-refractivity contribution in [3.8, 4) is 11.5 Å². The Morgan fingerprint density at radius 1 is 1.14 bits per heavy atom. The van der Waals surface area contributed by atoms with Crippen LogP contribution in [0.2, 0.25) is 0 Å². The molecule has 0 bridgehead atoms. The molecular formula is C24H32N10O2. The summed E-state index contributed by atoms with van der Waals surface area (Å²) in [5, 5.41) is 6.98. The molecule has 0 spiro atoms. The molecule has 12 nitrogen and oxygen atoms in total. The van der Waals surface area contributed by atoms with E-state index in [1.54, 1.807) is 12.4 Å². The lowest BCUT2D eigenvalue weighted by molar-refractivity contribution is 0.0491. The quantitative estimate of drug-likeness (QED) is 0.474. The molecule has 0 aromatic carbocycles. The van der Waals surface area contributed by atoms with E-state index in [2.05, 4.69) is 46.9 Å². The largest absolute Gasteiger partial charge is 0.385 e. The number of piperazine rings is 1. The molecule has 5 heterocycles. The van der Waals surface area contributed by atoms with Gasteiger partial charge in [0.15, 0.2) is 0 Å². The molecule has 2 fully saturated rings. The second kappa shape index (κ2) is 10.1. The predicted octanol–water partition coefficient (Wildman–Crippen LogP) is 1.05. The minimum absolute atomic E-state index is 0.124. The summed E-state index contributed by atoms with van der Waals surface area (Å²) in [5.74, 6) is 2.16. The number of carbonyl (C=O) groups excluding carboxylic acids is 1. The molecule has 1 amide bonds. The summed E-state index contributed by atoms with van der Waals surface area (Å²) in [6, 6.07) is 3.68. The van der Waals surface area contributed by atoms with Gasteiger partial charge in [0, 0.05) is 50.9 Å². The van der Waals surface area contributed by atoms with Gasteiger partial charge in [-0.05, 0) is 32.3 Å². The van der Waals surface area contributed by atoms with Crippen LogP contribution in [0.1, 0.15) is 42.4 Å². The molecule has 1 atom stereocenters. The zero-order valence-corrected chi connectivity index (χ0v) is 20.6. The Kier molecular flexibility index (Phi) is 6.68. The molecule has 0 saturated carbocycles. The first-order valence-corrected chi connectivity index (χ1v) is 12.4. The van der Waals surface area contributed by atoms with Crippen molar-refractivity contribution in [2.75, 3.05) is 43.4 Å². The maximum atomic E-state index is 12.9. The van der Waals surface area contributed by atoms with Gasteiger partial charge in [-0.2, -0.15) is 5.10 Å². The molecule has 1 unspecified atom stereocenters. The summed E-state index contributed by atoms with van der Waals surface area (Å²) in [4.78, 5) is 47.1. The summed E-state index contributed by atoms with van der Waals surface area (Å²) < 4.78 is 0. The summed E-state index contributed by atoms with van der Waals surface area (Å²) in [6.07, 6.45) is 6.39. The maximum Gasteiger partial charge on any atom is 0.257 e. The van der Waals surface area contributed by atoms with E-state index in [4.69, 9.17) is 5.73 Å². The second-order valence-corrected chi connectivity index (χ2v) is 9.42. The van der Waals surface area contributed by atoms with Gasteiger partial charge in [0.2, 0.25) is 11.4 Å². The number of nitrogens with two attached hydrogens (primary N) is 1. The van der Waals surface area contributed by atoms with Gasteiger partial charge in [-0.25, -0.2) is 15.0 Å².